The van der Waals surface area contributed by atoms with Crippen LogP contribution in [0.15, 0.2) is 0 Å². The maximum Gasteiger partial charge on any atom is 0.308 e. The lowest BCUT2D eigenvalue weighted by atomic mass is 10.1. The zero-order chi connectivity index (χ0) is 14.2. The lowest BCUT2D eigenvalue weighted by Crippen LogP contribution is -2.29. The van der Waals surface area contributed by atoms with E-state index in [1.165, 1.54) is 0 Å². The normalized spacial score (nSPS) is 15.9. The lowest BCUT2D eigenvalue weighted by molar-refractivity contribution is -0.156. The summed E-state index contributed by atoms with van der Waals surface area (Å²) in [5.41, 5.74) is -0.502. The molecule has 8 heteroatoms. The van der Waals surface area contributed by atoms with Gasteiger partial charge in [0, 0.05) is 24.4 Å². The van der Waals surface area contributed by atoms with E-state index in [0.29, 0.717) is 6.42 Å². The highest BCUT2D eigenvalue weighted by Gasteiger charge is 2.23. The summed E-state index contributed by atoms with van der Waals surface area (Å²) in [4.78, 5) is 11.7. The van der Waals surface area contributed by atoms with E-state index in [-0.39, 0.29) is 39.7 Å². The van der Waals surface area contributed by atoms with Crippen molar-refractivity contribution in [1.29, 1.82) is 0 Å². The summed E-state index contributed by atoms with van der Waals surface area (Å²) in [6.45, 7) is 5.35. The van der Waals surface area contributed by atoms with E-state index in [9.17, 15) is 4.79 Å². The van der Waals surface area contributed by atoms with Crippen LogP contribution in [-0.2, 0) is 18.6 Å². The van der Waals surface area contributed by atoms with Crippen molar-refractivity contribution in [2.75, 3.05) is 6.61 Å². The third-order valence-electron chi connectivity index (χ3n) is 1.97. The van der Waals surface area contributed by atoms with E-state index in [1.807, 2.05) is 20.8 Å². The number of hydrogen-bond donors (Lipinski definition) is 1. The third-order valence-corrected chi connectivity index (χ3v) is 3.23. The van der Waals surface area contributed by atoms with Crippen molar-refractivity contribution in [3.8, 4) is 0 Å². The predicted octanol–water partition coefficient (Wildman–Crippen LogP) is 2.04. The van der Waals surface area contributed by atoms with Crippen LogP contribution >= 0.6 is 26.9 Å². The molecule has 0 rings (SSSR count). The molecule has 3 unspecified atom stereocenters. The van der Waals surface area contributed by atoms with Crippen LogP contribution in [0.1, 0.15) is 33.6 Å². The molecule has 0 aliphatic rings. The average Bonchev–Trinajstić information content (AvgIpc) is 2.23. The minimum absolute atomic E-state index is 0.113. The van der Waals surface area contributed by atoms with Gasteiger partial charge in [0.25, 0.3) is 0 Å². The SMILES string of the molecule is CC(C)(C)OC(=O)C[C@@H](C[C@@H](CO)OP)OPP. The fourth-order valence-corrected chi connectivity index (χ4v) is 2.45. The molecule has 5 atom stereocenters. The summed E-state index contributed by atoms with van der Waals surface area (Å²) in [7, 11) is 4.76. The van der Waals surface area contributed by atoms with Crippen LogP contribution in [-0.4, -0.2) is 35.5 Å². The molecule has 0 fully saturated rings. The Kier molecular flexibility index (Phi) is 9.87. The van der Waals surface area contributed by atoms with Gasteiger partial charge in [-0.05, 0) is 20.8 Å². The molecular formula is C10H23O5P3. The Bertz CT molecular complexity index is 240. The molecule has 0 spiro atoms. The Labute approximate surface area is 115 Å². The van der Waals surface area contributed by atoms with E-state index in [1.54, 1.807) is 0 Å². The summed E-state index contributed by atoms with van der Waals surface area (Å²) in [5.74, 6) is -0.309. The summed E-state index contributed by atoms with van der Waals surface area (Å²) in [6, 6.07) is 0. The predicted molar refractivity (Wildman–Crippen MR) is 79.6 cm³/mol. The van der Waals surface area contributed by atoms with Gasteiger partial charge < -0.3 is 18.9 Å². The highest BCUT2D eigenvalue weighted by Crippen LogP contribution is 2.28. The van der Waals surface area contributed by atoms with Crippen LogP contribution < -0.4 is 0 Å². The Hall–Kier alpha value is 0.640. The quantitative estimate of drug-likeness (QED) is 0.548. The first-order valence-electron chi connectivity index (χ1n) is 5.62. The first kappa shape index (κ1) is 18.6. The lowest BCUT2D eigenvalue weighted by Gasteiger charge is -2.23. The minimum Gasteiger partial charge on any atom is -0.460 e. The van der Waals surface area contributed by atoms with Gasteiger partial charge in [0.1, 0.15) is 5.60 Å². The number of carbonyl (C=O) groups is 1. The first-order chi connectivity index (χ1) is 8.32. The molecule has 108 valence electrons. The number of rotatable bonds is 8. The maximum absolute atomic E-state index is 11.7. The van der Waals surface area contributed by atoms with E-state index >= 15 is 0 Å². The zero-order valence-corrected chi connectivity index (χ0v) is 14.3. The maximum atomic E-state index is 11.7. The second-order valence-electron chi connectivity index (χ2n) is 4.82. The Morgan fingerprint density at radius 3 is 2.39 bits per heavy atom. The van der Waals surface area contributed by atoms with Gasteiger partial charge in [-0.3, -0.25) is 4.79 Å². The van der Waals surface area contributed by atoms with Crippen LogP contribution in [0.4, 0.5) is 0 Å². The number of aliphatic hydroxyl groups is 1. The molecule has 0 aromatic carbocycles. The molecule has 0 saturated carbocycles. The van der Waals surface area contributed by atoms with Crippen LogP contribution in [0.3, 0.4) is 0 Å². The van der Waals surface area contributed by atoms with Crippen LogP contribution in [0, 0.1) is 0 Å². The van der Waals surface area contributed by atoms with E-state index in [2.05, 4.69) is 18.4 Å². The van der Waals surface area contributed by atoms with Crippen molar-refractivity contribution < 1.29 is 23.7 Å². The van der Waals surface area contributed by atoms with Crippen molar-refractivity contribution in [2.45, 2.75) is 51.4 Å². The van der Waals surface area contributed by atoms with E-state index < -0.39 is 5.60 Å². The highest BCUT2D eigenvalue weighted by molar-refractivity contribution is 8.00. The monoisotopic (exact) mass is 316 g/mol. The van der Waals surface area contributed by atoms with Crippen molar-refractivity contribution in [3.63, 3.8) is 0 Å². The number of esters is 1. The van der Waals surface area contributed by atoms with Gasteiger partial charge in [-0.1, -0.05) is 8.93 Å². The van der Waals surface area contributed by atoms with Gasteiger partial charge in [-0.25, -0.2) is 0 Å². The zero-order valence-electron chi connectivity index (χ0n) is 11.0. The molecule has 0 heterocycles. The van der Waals surface area contributed by atoms with Crippen molar-refractivity contribution in [1.82, 2.24) is 0 Å². The van der Waals surface area contributed by atoms with E-state index in [4.69, 9.17) is 18.9 Å². The molecule has 0 radical (unpaired) electrons. The van der Waals surface area contributed by atoms with Crippen LogP contribution in [0.2, 0.25) is 0 Å². The number of carbonyl (C=O) groups excluding carboxylic acids is 1. The first-order valence-corrected chi connectivity index (χ1v) is 8.80. The fraction of sp³-hybridized carbons (Fsp3) is 0.900. The summed E-state index contributed by atoms with van der Waals surface area (Å²) < 4.78 is 15.7. The van der Waals surface area contributed by atoms with E-state index in [0.717, 1.165) is 0 Å². The van der Waals surface area contributed by atoms with Crippen molar-refractivity contribution in [2.24, 2.45) is 0 Å². The van der Waals surface area contributed by atoms with Gasteiger partial charge in [-0.15, -0.1) is 0 Å². The van der Waals surface area contributed by atoms with Crippen LogP contribution in [0.5, 0.6) is 0 Å². The molecule has 0 saturated heterocycles. The second kappa shape index (κ2) is 9.53. The largest absolute Gasteiger partial charge is 0.460 e. The van der Waals surface area contributed by atoms with Gasteiger partial charge in [0.05, 0.1) is 25.2 Å². The molecule has 1 N–H and O–H groups in total. The Balaban J connectivity index is 4.29. The average molecular weight is 316 g/mol. The molecular weight excluding hydrogens is 293 g/mol. The molecule has 0 aromatic heterocycles. The minimum atomic E-state index is -0.502. The molecule has 18 heavy (non-hydrogen) atoms. The van der Waals surface area contributed by atoms with Gasteiger partial charge >= 0.3 is 5.97 Å². The third kappa shape index (κ3) is 9.55. The highest BCUT2D eigenvalue weighted by atomic mass is 32.0. The number of aliphatic hydroxyl groups excluding tert-OH is 1. The summed E-state index contributed by atoms with van der Waals surface area (Å²) in [5, 5.41) is 9.05. The summed E-state index contributed by atoms with van der Waals surface area (Å²) >= 11 is 0. The van der Waals surface area contributed by atoms with Gasteiger partial charge in [-0.2, -0.15) is 0 Å². The molecule has 0 aliphatic heterocycles. The van der Waals surface area contributed by atoms with Crippen molar-refractivity contribution >= 4 is 32.9 Å². The molecule has 0 aliphatic carbocycles. The fourth-order valence-electron chi connectivity index (χ4n) is 1.30. The Morgan fingerprint density at radius 2 is 2.00 bits per heavy atom. The molecule has 0 bridgehead atoms. The topological polar surface area (TPSA) is 65.0 Å². The smallest absolute Gasteiger partial charge is 0.308 e. The molecule has 0 amide bonds. The Morgan fingerprint density at radius 1 is 1.39 bits per heavy atom. The molecule has 5 nitrogen and oxygen atoms in total. The number of ether oxygens (including phenoxy) is 1. The number of hydrogen-bond acceptors (Lipinski definition) is 5. The van der Waals surface area contributed by atoms with Crippen LogP contribution in [0.25, 0.3) is 0 Å². The van der Waals surface area contributed by atoms with Gasteiger partial charge in [0.15, 0.2) is 0 Å². The van der Waals surface area contributed by atoms with Crippen molar-refractivity contribution in [3.05, 3.63) is 0 Å². The second-order valence-corrected chi connectivity index (χ2v) is 6.28. The molecule has 0 aromatic rings. The standard InChI is InChI=1S/C10H23O5P3/c1-10(2,3)13-9(12)5-7(15-18-17)4-8(6-11)14-16/h7-8,11,18H,4-6,16-17H2,1-3H3/t7-,8+/m1/s1. The summed E-state index contributed by atoms with van der Waals surface area (Å²) in [6.07, 6.45) is -0.0683. The van der Waals surface area contributed by atoms with Gasteiger partial charge in [0.2, 0.25) is 0 Å².